The number of fused-ring (bicyclic) bond motifs is 1. The molecular weight excluding hydrogens is 404 g/mol. The summed E-state index contributed by atoms with van der Waals surface area (Å²) < 4.78 is 21.8. The third-order valence-electron chi connectivity index (χ3n) is 5.58. The van der Waals surface area contributed by atoms with Gasteiger partial charge in [0.25, 0.3) is 0 Å². The molecule has 0 atom stereocenters. The molecule has 0 spiro atoms. The van der Waals surface area contributed by atoms with Crippen LogP contribution < -0.4 is 14.2 Å². The molecule has 0 amide bonds. The van der Waals surface area contributed by atoms with Gasteiger partial charge in [-0.2, -0.15) is 0 Å². The monoisotopic (exact) mass is 430 g/mol. The second kappa shape index (κ2) is 9.60. The maximum Gasteiger partial charge on any atom is 0.337 e. The van der Waals surface area contributed by atoms with Crippen LogP contribution in [0.25, 0.3) is 5.57 Å². The number of methoxy groups -OCH3 is 3. The number of carbonyl (C=O) groups excluding carboxylic acids is 1. The minimum Gasteiger partial charge on any atom is -0.497 e. The molecule has 0 fully saturated rings. The summed E-state index contributed by atoms with van der Waals surface area (Å²) in [6.45, 7) is 0.415. The lowest BCUT2D eigenvalue weighted by atomic mass is 9.98. The Kier molecular flexibility index (Phi) is 6.45. The van der Waals surface area contributed by atoms with Crippen molar-refractivity contribution in [2.24, 2.45) is 0 Å². The van der Waals surface area contributed by atoms with E-state index >= 15 is 0 Å². The first kappa shape index (κ1) is 21.5. The number of esters is 1. The predicted molar refractivity (Wildman–Crippen MR) is 123 cm³/mol. The largest absolute Gasteiger partial charge is 0.497 e. The van der Waals surface area contributed by atoms with Gasteiger partial charge in [-0.25, -0.2) is 4.79 Å². The molecule has 0 bridgehead atoms. The van der Waals surface area contributed by atoms with Gasteiger partial charge < -0.3 is 18.9 Å². The number of hydrogen-bond acceptors (Lipinski definition) is 5. The van der Waals surface area contributed by atoms with Crippen molar-refractivity contribution in [3.05, 3.63) is 94.6 Å². The lowest BCUT2D eigenvalue weighted by molar-refractivity contribution is 0.0600. The first-order chi connectivity index (χ1) is 15.6. The van der Waals surface area contributed by atoms with Gasteiger partial charge >= 0.3 is 5.97 Å². The average molecular weight is 431 g/mol. The molecule has 0 saturated carbocycles. The zero-order chi connectivity index (χ0) is 22.5. The van der Waals surface area contributed by atoms with Crippen molar-refractivity contribution in [2.75, 3.05) is 21.3 Å². The molecule has 0 unspecified atom stereocenters. The van der Waals surface area contributed by atoms with Crippen LogP contribution in [-0.2, 0) is 24.2 Å². The highest BCUT2D eigenvalue weighted by atomic mass is 16.5. The number of rotatable bonds is 8. The summed E-state index contributed by atoms with van der Waals surface area (Å²) in [5.41, 5.74) is 6.27. The zero-order valence-electron chi connectivity index (χ0n) is 18.5. The highest BCUT2D eigenvalue weighted by Gasteiger charge is 2.20. The van der Waals surface area contributed by atoms with E-state index in [1.165, 1.54) is 18.2 Å². The van der Waals surface area contributed by atoms with Crippen LogP contribution in [0.4, 0.5) is 0 Å². The quantitative estimate of drug-likeness (QED) is 0.457. The zero-order valence-corrected chi connectivity index (χ0v) is 18.5. The Balaban J connectivity index is 1.52. The highest BCUT2D eigenvalue weighted by Crippen LogP contribution is 2.38. The van der Waals surface area contributed by atoms with Crippen LogP contribution in [0.5, 0.6) is 17.2 Å². The summed E-state index contributed by atoms with van der Waals surface area (Å²) >= 11 is 0. The SMILES string of the molecule is COC(=O)c1ccc(COc2cccc3c2C(Cc2cc(OC)cc(OC)c2)=CC3)cc1. The number of ether oxygens (including phenoxy) is 4. The van der Waals surface area contributed by atoms with E-state index in [0.29, 0.717) is 12.2 Å². The van der Waals surface area contributed by atoms with Gasteiger partial charge in [0.15, 0.2) is 0 Å². The minimum atomic E-state index is -0.345. The molecule has 0 aliphatic heterocycles. The molecule has 0 radical (unpaired) electrons. The van der Waals surface area contributed by atoms with Gasteiger partial charge in [-0.05, 0) is 65.4 Å². The minimum absolute atomic E-state index is 0.345. The Morgan fingerprint density at radius 3 is 2.25 bits per heavy atom. The molecule has 3 aromatic rings. The predicted octanol–water partition coefficient (Wildman–Crippen LogP) is 5.25. The standard InChI is InChI=1S/C27H26O5/c1-29-23-14-19(15-24(16-23)30-2)13-22-12-11-20-5-4-6-25(26(20)22)32-17-18-7-9-21(10-8-18)27(28)31-3/h4-10,12,14-16H,11,13,17H2,1-3H3. The Bertz CT molecular complexity index is 1120. The molecule has 5 heteroatoms. The van der Waals surface area contributed by atoms with Crippen molar-refractivity contribution in [2.45, 2.75) is 19.4 Å². The van der Waals surface area contributed by atoms with Crippen LogP contribution in [0.3, 0.4) is 0 Å². The topological polar surface area (TPSA) is 54.0 Å². The molecule has 1 aliphatic carbocycles. The molecule has 0 saturated heterocycles. The smallest absolute Gasteiger partial charge is 0.337 e. The van der Waals surface area contributed by atoms with E-state index in [-0.39, 0.29) is 5.97 Å². The van der Waals surface area contributed by atoms with Crippen LogP contribution in [0.1, 0.15) is 32.6 Å². The van der Waals surface area contributed by atoms with Crippen molar-refractivity contribution in [1.29, 1.82) is 0 Å². The van der Waals surface area contributed by atoms with E-state index in [0.717, 1.165) is 46.8 Å². The lowest BCUT2D eigenvalue weighted by Crippen LogP contribution is -2.03. The third-order valence-corrected chi connectivity index (χ3v) is 5.58. The molecule has 0 heterocycles. The van der Waals surface area contributed by atoms with Crippen molar-refractivity contribution in [3.8, 4) is 17.2 Å². The number of benzene rings is 3. The Labute approximate surface area is 188 Å². The molecule has 3 aromatic carbocycles. The van der Waals surface area contributed by atoms with E-state index in [4.69, 9.17) is 18.9 Å². The van der Waals surface area contributed by atoms with Gasteiger partial charge in [-0.1, -0.05) is 30.3 Å². The van der Waals surface area contributed by atoms with Crippen molar-refractivity contribution < 1.29 is 23.7 Å². The van der Waals surface area contributed by atoms with E-state index in [2.05, 4.69) is 12.1 Å². The van der Waals surface area contributed by atoms with E-state index in [9.17, 15) is 4.79 Å². The summed E-state index contributed by atoms with van der Waals surface area (Å²) in [6, 6.07) is 19.4. The molecular formula is C27H26O5. The van der Waals surface area contributed by atoms with Crippen LogP contribution in [0.15, 0.2) is 66.7 Å². The molecule has 1 aliphatic rings. The normalized spacial score (nSPS) is 12.0. The summed E-state index contributed by atoms with van der Waals surface area (Å²) in [4.78, 5) is 11.6. The van der Waals surface area contributed by atoms with E-state index in [1.807, 2.05) is 42.5 Å². The Hall–Kier alpha value is -3.73. The van der Waals surface area contributed by atoms with Gasteiger partial charge in [0.05, 0.1) is 26.9 Å². The van der Waals surface area contributed by atoms with E-state index < -0.39 is 0 Å². The molecule has 5 nitrogen and oxygen atoms in total. The average Bonchev–Trinajstić information content (AvgIpc) is 3.25. The second-order valence-corrected chi connectivity index (χ2v) is 7.60. The van der Waals surface area contributed by atoms with E-state index in [1.54, 1.807) is 26.4 Å². The summed E-state index contributed by atoms with van der Waals surface area (Å²) in [6.07, 6.45) is 3.90. The maximum atomic E-state index is 11.6. The lowest BCUT2D eigenvalue weighted by Gasteiger charge is -2.15. The fraction of sp³-hybridized carbons (Fsp3) is 0.222. The number of hydrogen-bond donors (Lipinski definition) is 0. The van der Waals surface area contributed by atoms with Crippen molar-refractivity contribution in [1.82, 2.24) is 0 Å². The van der Waals surface area contributed by atoms with Gasteiger partial charge in [0.1, 0.15) is 23.9 Å². The molecule has 4 rings (SSSR count). The van der Waals surface area contributed by atoms with Crippen LogP contribution in [-0.4, -0.2) is 27.3 Å². The summed E-state index contributed by atoms with van der Waals surface area (Å²) in [5.74, 6) is 2.07. The van der Waals surface area contributed by atoms with Crippen molar-refractivity contribution >= 4 is 11.5 Å². The number of allylic oxidation sites excluding steroid dienone is 2. The fourth-order valence-electron chi connectivity index (χ4n) is 3.93. The first-order valence-corrected chi connectivity index (χ1v) is 10.4. The molecule has 32 heavy (non-hydrogen) atoms. The third kappa shape index (κ3) is 4.62. The van der Waals surface area contributed by atoms with Gasteiger partial charge in [-0.15, -0.1) is 0 Å². The first-order valence-electron chi connectivity index (χ1n) is 10.4. The second-order valence-electron chi connectivity index (χ2n) is 7.60. The molecule has 0 N–H and O–H groups in total. The number of carbonyl (C=O) groups is 1. The molecule has 0 aromatic heterocycles. The van der Waals surface area contributed by atoms with Gasteiger partial charge in [-0.3, -0.25) is 0 Å². The highest BCUT2D eigenvalue weighted by molar-refractivity contribution is 5.89. The molecule has 164 valence electrons. The summed E-state index contributed by atoms with van der Waals surface area (Å²) in [5, 5.41) is 0. The maximum absolute atomic E-state index is 11.6. The fourth-order valence-corrected chi connectivity index (χ4v) is 3.93. The Morgan fingerprint density at radius 1 is 0.875 bits per heavy atom. The Morgan fingerprint density at radius 2 is 1.59 bits per heavy atom. The van der Waals surface area contributed by atoms with Crippen LogP contribution in [0, 0.1) is 0 Å². The van der Waals surface area contributed by atoms with Gasteiger partial charge in [0, 0.05) is 11.6 Å². The van der Waals surface area contributed by atoms with Crippen LogP contribution >= 0.6 is 0 Å². The van der Waals surface area contributed by atoms with Crippen molar-refractivity contribution in [3.63, 3.8) is 0 Å². The summed E-state index contributed by atoms with van der Waals surface area (Å²) in [7, 11) is 4.70. The van der Waals surface area contributed by atoms with Crippen LogP contribution in [0.2, 0.25) is 0 Å². The van der Waals surface area contributed by atoms with Gasteiger partial charge in [0.2, 0.25) is 0 Å².